The summed E-state index contributed by atoms with van der Waals surface area (Å²) in [6, 6.07) is 28.3. The third-order valence-corrected chi connectivity index (χ3v) is 6.90. The number of hydrogen-bond acceptors (Lipinski definition) is 9. The summed E-state index contributed by atoms with van der Waals surface area (Å²) in [5.74, 6) is 1.74. The maximum atomic E-state index is 13.4. The van der Waals surface area contributed by atoms with Crippen molar-refractivity contribution in [2.24, 2.45) is 0 Å². The van der Waals surface area contributed by atoms with E-state index in [2.05, 4.69) is 10.6 Å². The molecule has 2 atom stereocenters. The van der Waals surface area contributed by atoms with E-state index in [0.29, 0.717) is 58.5 Å². The third-order valence-electron chi connectivity index (χ3n) is 6.90. The summed E-state index contributed by atoms with van der Waals surface area (Å²) in [6.45, 7) is -0.0537. The van der Waals surface area contributed by atoms with Crippen molar-refractivity contribution in [2.75, 3.05) is 36.4 Å². The van der Waals surface area contributed by atoms with Crippen molar-refractivity contribution < 1.29 is 38.4 Å². The van der Waals surface area contributed by atoms with Crippen molar-refractivity contribution in [3.05, 3.63) is 115 Å². The molecule has 0 radical (unpaired) electrons. The van der Waals surface area contributed by atoms with E-state index in [1.54, 1.807) is 84.9 Å². The molecule has 4 aromatic carbocycles. The van der Waals surface area contributed by atoms with Gasteiger partial charge in [0.2, 0.25) is 12.7 Å². The van der Waals surface area contributed by atoms with Crippen LogP contribution in [0.2, 0.25) is 0 Å². The Morgan fingerprint density at radius 3 is 2.50 bits per heavy atom. The van der Waals surface area contributed by atoms with E-state index < -0.39 is 18.3 Å². The maximum absolute atomic E-state index is 13.4. The molecule has 1 aliphatic rings. The molecule has 1 aliphatic heterocycles. The largest absolute Gasteiger partial charge is 0.491 e. The second-order valence-corrected chi connectivity index (χ2v) is 10.2. The van der Waals surface area contributed by atoms with E-state index in [-0.39, 0.29) is 25.9 Å². The molecule has 5 N–H and O–H groups in total. The lowest BCUT2D eigenvalue weighted by Crippen LogP contribution is -2.31. The van der Waals surface area contributed by atoms with Crippen LogP contribution in [0.4, 0.5) is 21.9 Å². The van der Waals surface area contributed by atoms with Crippen LogP contribution in [0.15, 0.2) is 109 Å². The number of carbonyl (C=O) groups excluding carboxylic acids is 2. The normalized spacial score (nSPS) is 13.1. The summed E-state index contributed by atoms with van der Waals surface area (Å²) in [4.78, 5) is 26.0. The van der Waals surface area contributed by atoms with Gasteiger partial charge < -0.3 is 39.8 Å². The zero-order valence-electron chi connectivity index (χ0n) is 25.0. The molecule has 0 fully saturated rings. The van der Waals surface area contributed by atoms with Crippen LogP contribution in [0.3, 0.4) is 0 Å². The van der Waals surface area contributed by atoms with Crippen molar-refractivity contribution in [1.29, 1.82) is 0 Å². The second-order valence-electron chi connectivity index (χ2n) is 10.2. The number of ether oxygens (including phenoxy) is 5. The summed E-state index contributed by atoms with van der Waals surface area (Å²) in [5, 5.41) is 14.9. The minimum atomic E-state index is -0.963. The van der Waals surface area contributed by atoms with Gasteiger partial charge in [-0.3, -0.25) is 10.1 Å². The highest BCUT2D eigenvalue weighted by molar-refractivity contribution is 6.01. The number of para-hydroxylation sites is 4. The number of amides is 2. The van der Waals surface area contributed by atoms with Gasteiger partial charge in [-0.15, -0.1) is 0 Å². The number of allylic oxidation sites excluding steroid dienone is 1. The van der Waals surface area contributed by atoms with Crippen molar-refractivity contribution in [2.45, 2.75) is 25.0 Å². The minimum absolute atomic E-state index is 0.0428. The lowest BCUT2D eigenvalue weighted by molar-refractivity contribution is -0.111. The number of nitrogens with two attached hydrogens (primary N) is 1. The first-order valence-corrected chi connectivity index (χ1v) is 14.7. The Morgan fingerprint density at radius 1 is 0.913 bits per heavy atom. The second kappa shape index (κ2) is 15.9. The predicted octanol–water partition coefficient (Wildman–Crippen LogP) is 6.08. The zero-order chi connectivity index (χ0) is 32.1. The van der Waals surface area contributed by atoms with Gasteiger partial charge in [-0.1, -0.05) is 54.6 Å². The summed E-state index contributed by atoms with van der Waals surface area (Å²) >= 11 is 0. The smallest absolute Gasteiger partial charge is 0.412 e. The Bertz CT molecular complexity index is 1650. The van der Waals surface area contributed by atoms with Crippen molar-refractivity contribution in [3.63, 3.8) is 0 Å². The van der Waals surface area contributed by atoms with Crippen LogP contribution in [-0.2, 0) is 9.53 Å². The van der Waals surface area contributed by atoms with Crippen LogP contribution in [0, 0.1) is 0 Å². The molecule has 46 heavy (non-hydrogen) atoms. The van der Waals surface area contributed by atoms with E-state index >= 15 is 0 Å². The SMILES string of the molecule is Nc1ccccc1NC(=O)/C=C/CC[C@@H](Oc1ccccc1)[C@H](OC(=O)Nc1ccc2c(c1)OCO2)c1ccccc1OCCO. The van der Waals surface area contributed by atoms with Crippen molar-refractivity contribution in [3.8, 4) is 23.0 Å². The average molecular weight is 626 g/mol. The van der Waals surface area contributed by atoms with Crippen LogP contribution in [-0.4, -0.2) is 43.2 Å². The molecule has 0 aliphatic carbocycles. The molecule has 11 nitrogen and oxygen atoms in total. The number of nitrogen functional groups attached to an aromatic ring is 1. The van der Waals surface area contributed by atoms with E-state index in [4.69, 9.17) is 29.4 Å². The number of nitrogens with one attached hydrogen (secondary N) is 2. The quantitative estimate of drug-likeness (QED) is 0.0965. The number of carbonyl (C=O) groups is 2. The first-order chi connectivity index (χ1) is 22.5. The van der Waals surface area contributed by atoms with Crippen LogP contribution < -0.4 is 35.3 Å². The van der Waals surface area contributed by atoms with Gasteiger partial charge in [0.15, 0.2) is 17.6 Å². The van der Waals surface area contributed by atoms with Gasteiger partial charge >= 0.3 is 6.09 Å². The first kappa shape index (κ1) is 31.7. The molecule has 0 saturated heterocycles. The lowest BCUT2D eigenvalue weighted by atomic mass is 9.99. The first-order valence-electron chi connectivity index (χ1n) is 14.7. The summed E-state index contributed by atoms with van der Waals surface area (Å²) < 4.78 is 29.1. The molecule has 238 valence electrons. The number of hydrogen-bond donors (Lipinski definition) is 4. The molecule has 0 spiro atoms. The predicted molar refractivity (Wildman–Crippen MR) is 173 cm³/mol. The molecule has 2 amide bonds. The van der Waals surface area contributed by atoms with Gasteiger partial charge in [0.25, 0.3) is 0 Å². The zero-order valence-corrected chi connectivity index (χ0v) is 25.0. The monoisotopic (exact) mass is 625 g/mol. The molecule has 0 unspecified atom stereocenters. The maximum Gasteiger partial charge on any atom is 0.412 e. The Labute approximate surface area is 266 Å². The molecule has 11 heteroatoms. The topological polar surface area (TPSA) is 151 Å². The fourth-order valence-corrected chi connectivity index (χ4v) is 4.76. The lowest BCUT2D eigenvalue weighted by Gasteiger charge is -2.29. The fourth-order valence-electron chi connectivity index (χ4n) is 4.76. The number of aliphatic hydroxyl groups is 1. The van der Waals surface area contributed by atoms with Crippen molar-refractivity contribution >= 4 is 29.1 Å². The van der Waals surface area contributed by atoms with Crippen LogP contribution >= 0.6 is 0 Å². The number of benzene rings is 4. The summed E-state index contributed by atoms with van der Waals surface area (Å²) in [5.41, 5.74) is 7.91. The van der Waals surface area contributed by atoms with E-state index in [9.17, 15) is 14.7 Å². The molecule has 0 aromatic heterocycles. The Balaban J connectivity index is 1.38. The fraction of sp³-hybridized carbons (Fsp3) is 0.200. The van der Waals surface area contributed by atoms with Gasteiger partial charge in [0.05, 0.1) is 18.0 Å². The summed E-state index contributed by atoms with van der Waals surface area (Å²) in [6.07, 6.45) is 1.47. The highest BCUT2D eigenvalue weighted by Crippen LogP contribution is 2.36. The van der Waals surface area contributed by atoms with Crippen molar-refractivity contribution in [1.82, 2.24) is 0 Å². The van der Waals surface area contributed by atoms with E-state index in [0.717, 1.165) is 0 Å². The standard InChI is InChI=1S/C35H35N3O8/c36-27-13-5-6-14-28(27)38-33(40)17-9-8-16-31(45-25-10-2-1-3-11-25)34(26-12-4-7-15-29(26)42-21-20-39)46-35(41)37-24-18-19-30-32(22-24)44-23-43-30/h1-7,9-15,17-19,22,31,34,39H,8,16,20-21,23,36H2,(H,37,41)(H,38,40)/b17-9+/t31-,34-/m1/s1. The van der Waals surface area contributed by atoms with Crippen LogP contribution in [0.5, 0.6) is 23.0 Å². The molecular formula is C35H35N3O8. The minimum Gasteiger partial charge on any atom is -0.491 e. The van der Waals surface area contributed by atoms with Gasteiger partial charge in [0.1, 0.15) is 24.2 Å². The number of fused-ring (bicyclic) bond motifs is 1. The van der Waals surface area contributed by atoms with Gasteiger partial charge in [-0.25, -0.2) is 4.79 Å². The summed E-state index contributed by atoms with van der Waals surface area (Å²) in [7, 11) is 0. The molecule has 0 bridgehead atoms. The third kappa shape index (κ3) is 8.70. The van der Waals surface area contributed by atoms with E-state index in [1.165, 1.54) is 6.08 Å². The van der Waals surface area contributed by atoms with E-state index in [1.807, 2.05) is 18.2 Å². The molecule has 5 rings (SSSR count). The van der Waals surface area contributed by atoms with Crippen LogP contribution in [0.25, 0.3) is 0 Å². The Hall–Kier alpha value is -5.68. The van der Waals surface area contributed by atoms with Crippen LogP contribution in [0.1, 0.15) is 24.5 Å². The molecule has 0 saturated carbocycles. The highest BCUT2D eigenvalue weighted by Gasteiger charge is 2.31. The van der Waals surface area contributed by atoms with Gasteiger partial charge in [0, 0.05) is 17.3 Å². The number of rotatable bonds is 14. The highest BCUT2D eigenvalue weighted by atomic mass is 16.7. The molecule has 4 aromatic rings. The molecule has 1 heterocycles. The molecular weight excluding hydrogens is 590 g/mol. The Kier molecular flexibility index (Phi) is 10.9. The van der Waals surface area contributed by atoms with Gasteiger partial charge in [-0.2, -0.15) is 0 Å². The number of anilines is 3. The average Bonchev–Trinajstić information content (AvgIpc) is 3.54. The Morgan fingerprint density at radius 2 is 1.67 bits per heavy atom. The van der Waals surface area contributed by atoms with Gasteiger partial charge in [-0.05, 0) is 61.4 Å². The number of aliphatic hydroxyl groups excluding tert-OH is 1.